The van der Waals surface area contributed by atoms with Crippen molar-refractivity contribution in [3.63, 3.8) is 0 Å². The Balaban J connectivity index is 3.83. The Morgan fingerprint density at radius 1 is 1.08 bits per heavy atom. The molecule has 0 aliphatic rings. The summed E-state index contributed by atoms with van der Waals surface area (Å²) in [4.78, 5) is 2.49. The lowest BCUT2D eigenvalue weighted by Crippen LogP contribution is -2.46. The molecule has 2 heteroatoms. The van der Waals surface area contributed by atoms with E-state index in [9.17, 15) is 0 Å². The lowest BCUT2D eigenvalue weighted by molar-refractivity contribution is 0.192. The third kappa shape index (κ3) is 4.63. The number of nitrogens with zero attached hydrogens (tertiary/aromatic N) is 1. The van der Waals surface area contributed by atoms with Crippen LogP contribution in [-0.4, -0.2) is 36.6 Å². The Hall–Kier alpha value is -0.0800. The van der Waals surface area contributed by atoms with Crippen LogP contribution in [0.2, 0.25) is 0 Å². The standard InChI is InChI=1S/C11H26N2/c1-6-9-12-10(4)11(5)13(7-2)8-3/h10-12H,6-9H2,1-5H3. The highest BCUT2D eigenvalue weighted by Gasteiger charge is 2.16. The fourth-order valence-electron chi connectivity index (χ4n) is 1.66. The van der Waals surface area contributed by atoms with Crippen molar-refractivity contribution >= 4 is 0 Å². The van der Waals surface area contributed by atoms with E-state index in [1.165, 1.54) is 6.42 Å². The van der Waals surface area contributed by atoms with Crippen LogP contribution in [0.5, 0.6) is 0 Å². The molecule has 0 fully saturated rings. The van der Waals surface area contributed by atoms with Crippen molar-refractivity contribution in [1.82, 2.24) is 10.2 Å². The van der Waals surface area contributed by atoms with Crippen molar-refractivity contribution in [2.75, 3.05) is 19.6 Å². The molecular formula is C11H26N2. The summed E-state index contributed by atoms with van der Waals surface area (Å²) in [6.45, 7) is 14.7. The van der Waals surface area contributed by atoms with Gasteiger partial charge >= 0.3 is 0 Å². The van der Waals surface area contributed by atoms with Crippen LogP contribution in [0.3, 0.4) is 0 Å². The van der Waals surface area contributed by atoms with Gasteiger partial charge in [-0.05, 0) is 39.9 Å². The van der Waals surface area contributed by atoms with Crippen LogP contribution < -0.4 is 5.32 Å². The summed E-state index contributed by atoms with van der Waals surface area (Å²) in [5, 5.41) is 3.54. The van der Waals surface area contributed by atoms with Crippen LogP contribution in [0.4, 0.5) is 0 Å². The second-order valence-corrected chi connectivity index (χ2v) is 3.70. The summed E-state index contributed by atoms with van der Waals surface area (Å²) in [6.07, 6.45) is 1.22. The number of nitrogens with one attached hydrogen (secondary N) is 1. The van der Waals surface area contributed by atoms with Crippen molar-refractivity contribution in [3.05, 3.63) is 0 Å². The molecule has 0 saturated carbocycles. The van der Waals surface area contributed by atoms with Crippen LogP contribution in [-0.2, 0) is 0 Å². The van der Waals surface area contributed by atoms with Crippen LogP contribution >= 0.6 is 0 Å². The Morgan fingerprint density at radius 3 is 2.00 bits per heavy atom. The Kier molecular flexibility index (Phi) is 7.29. The van der Waals surface area contributed by atoms with Gasteiger partial charge in [0.1, 0.15) is 0 Å². The first-order valence-corrected chi connectivity index (χ1v) is 5.64. The molecular weight excluding hydrogens is 160 g/mol. The average Bonchev–Trinajstić information content (AvgIpc) is 2.15. The molecule has 2 nitrogen and oxygen atoms in total. The molecule has 0 aliphatic heterocycles. The normalized spacial score (nSPS) is 16.2. The summed E-state index contributed by atoms with van der Waals surface area (Å²) in [5.74, 6) is 0. The Labute approximate surface area is 83.7 Å². The second kappa shape index (κ2) is 7.34. The molecule has 0 bridgehead atoms. The SMILES string of the molecule is CCCNC(C)C(C)N(CC)CC. The summed E-state index contributed by atoms with van der Waals surface area (Å²) < 4.78 is 0. The molecule has 0 aromatic rings. The molecule has 0 aromatic carbocycles. The van der Waals surface area contributed by atoms with E-state index in [0.717, 1.165) is 19.6 Å². The molecule has 0 spiro atoms. The molecule has 0 aliphatic carbocycles. The molecule has 2 unspecified atom stereocenters. The van der Waals surface area contributed by atoms with Gasteiger partial charge in [-0.25, -0.2) is 0 Å². The zero-order valence-electron chi connectivity index (χ0n) is 9.93. The van der Waals surface area contributed by atoms with Crippen LogP contribution in [0.1, 0.15) is 41.0 Å². The number of hydrogen-bond donors (Lipinski definition) is 1. The summed E-state index contributed by atoms with van der Waals surface area (Å²) >= 11 is 0. The molecule has 0 amide bonds. The van der Waals surface area contributed by atoms with Crippen LogP contribution in [0.15, 0.2) is 0 Å². The largest absolute Gasteiger partial charge is 0.313 e. The first-order valence-electron chi connectivity index (χ1n) is 5.64. The second-order valence-electron chi connectivity index (χ2n) is 3.70. The van der Waals surface area contributed by atoms with Gasteiger partial charge in [0.05, 0.1) is 0 Å². The molecule has 0 saturated heterocycles. The monoisotopic (exact) mass is 186 g/mol. The van der Waals surface area contributed by atoms with E-state index < -0.39 is 0 Å². The molecule has 2 atom stereocenters. The average molecular weight is 186 g/mol. The van der Waals surface area contributed by atoms with Crippen LogP contribution in [0, 0.1) is 0 Å². The molecule has 0 heterocycles. The Bertz CT molecular complexity index is 111. The minimum absolute atomic E-state index is 0.597. The third-order valence-corrected chi connectivity index (χ3v) is 2.83. The molecule has 13 heavy (non-hydrogen) atoms. The Morgan fingerprint density at radius 2 is 1.62 bits per heavy atom. The van der Waals surface area contributed by atoms with Crippen molar-refractivity contribution in [3.8, 4) is 0 Å². The maximum Gasteiger partial charge on any atom is 0.0218 e. The van der Waals surface area contributed by atoms with Gasteiger partial charge in [-0.1, -0.05) is 20.8 Å². The zero-order chi connectivity index (χ0) is 10.3. The molecule has 0 rings (SSSR count). The first kappa shape index (κ1) is 12.9. The van der Waals surface area contributed by atoms with Crippen LogP contribution in [0.25, 0.3) is 0 Å². The van der Waals surface area contributed by atoms with E-state index in [-0.39, 0.29) is 0 Å². The van der Waals surface area contributed by atoms with Crippen molar-refractivity contribution < 1.29 is 0 Å². The van der Waals surface area contributed by atoms with Gasteiger partial charge in [-0.2, -0.15) is 0 Å². The quantitative estimate of drug-likeness (QED) is 0.655. The lowest BCUT2D eigenvalue weighted by atomic mass is 10.1. The van der Waals surface area contributed by atoms with Gasteiger partial charge in [-0.3, -0.25) is 4.90 Å². The highest BCUT2D eigenvalue weighted by atomic mass is 15.2. The van der Waals surface area contributed by atoms with E-state index in [1.54, 1.807) is 0 Å². The van der Waals surface area contributed by atoms with E-state index in [1.807, 2.05) is 0 Å². The molecule has 1 N–H and O–H groups in total. The van der Waals surface area contributed by atoms with Gasteiger partial charge in [-0.15, -0.1) is 0 Å². The van der Waals surface area contributed by atoms with Crippen molar-refractivity contribution in [1.29, 1.82) is 0 Å². The number of likely N-dealkylation sites (N-methyl/N-ethyl adjacent to an activating group) is 1. The fourth-order valence-corrected chi connectivity index (χ4v) is 1.66. The third-order valence-electron chi connectivity index (χ3n) is 2.83. The topological polar surface area (TPSA) is 15.3 Å². The number of rotatable bonds is 7. The molecule has 0 aromatic heterocycles. The van der Waals surface area contributed by atoms with Gasteiger partial charge < -0.3 is 5.32 Å². The van der Waals surface area contributed by atoms with E-state index >= 15 is 0 Å². The van der Waals surface area contributed by atoms with Crippen molar-refractivity contribution in [2.24, 2.45) is 0 Å². The predicted molar refractivity (Wildman–Crippen MR) is 60.1 cm³/mol. The van der Waals surface area contributed by atoms with Gasteiger partial charge in [0, 0.05) is 12.1 Å². The van der Waals surface area contributed by atoms with Crippen molar-refractivity contribution in [2.45, 2.75) is 53.1 Å². The zero-order valence-corrected chi connectivity index (χ0v) is 9.93. The lowest BCUT2D eigenvalue weighted by Gasteiger charge is -2.31. The molecule has 80 valence electrons. The smallest absolute Gasteiger partial charge is 0.0218 e. The van der Waals surface area contributed by atoms with E-state index in [0.29, 0.717) is 12.1 Å². The maximum absolute atomic E-state index is 3.54. The van der Waals surface area contributed by atoms with E-state index in [4.69, 9.17) is 0 Å². The van der Waals surface area contributed by atoms with Gasteiger partial charge in [0.15, 0.2) is 0 Å². The van der Waals surface area contributed by atoms with Gasteiger partial charge in [0.2, 0.25) is 0 Å². The summed E-state index contributed by atoms with van der Waals surface area (Å²) in [5.41, 5.74) is 0. The van der Waals surface area contributed by atoms with Gasteiger partial charge in [0.25, 0.3) is 0 Å². The molecule has 0 radical (unpaired) electrons. The van der Waals surface area contributed by atoms with E-state index in [2.05, 4.69) is 44.8 Å². The predicted octanol–water partition coefficient (Wildman–Crippen LogP) is 2.10. The number of hydrogen-bond acceptors (Lipinski definition) is 2. The first-order chi connectivity index (χ1) is 6.17. The minimum Gasteiger partial charge on any atom is -0.313 e. The summed E-state index contributed by atoms with van der Waals surface area (Å²) in [7, 11) is 0. The minimum atomic E-state index is 0.597. The fraction of sp³-hybridized carbons (Fsp3) is 1.00. The highest BCUT2D eigenvalue weighted by molar-refractivity contribution is 4.76. The highest BCUT2D eigenvalue weighted by Crippen LogP contribution is 2.03. The maximum atomic E-state index is 3.54. The summed E-state index contributed by atoms with van der Waals surface area (Å²) in [6, 6.07) is 1.24.